The molecular formula is C10H14O4. The highest BCUT2D eigenvalue weighted by Crippen LogP contribution is 2.16. The lowest BCUT2D eigenvalue weighted by Crippen LogP contribution is -2.19. The van der Waals surface area contributed by atoms with Crippen molar-refractivity contribution in [1.82, 2.24) is 0 Å². The van der Waals surface area contributed by atoms with Crippen molar-refractivity contribution in [1.29, 1.82) is 0 Å². The van der Waals surface area contributed by atoms with E-state index in [9.17, 15) is 5.11 Å². The van der Waals surface area contributed by atoms with Gasteiger partial charge in [-0.2, -0.15) is 0 Å². The van der Waals surface area contributed by atoms with E-state index in [-0.39, 0.29) is 25.6 Å². The van der Waals surface area contributed by atoms with Gasteiger partial charge in [-0.15, -0.1) is 0 Å². The molecule has 0 radical (unpaired) electrons. The maximum absolute atomic E-state index is 9.34. The van der Waals surface area contributed by atoms with E-state index in [1.807, 2.05) is 0 Å². The monoisotopic (exact) mass is 198 g/mol. The smallest absolute Gasteiger partial charge is 0.121 e. The third-order valence-corrected chi connectivity index (χ3v) is 1.77. The topological polar surface area (TPSA) is 69.9 Å². The first-order chi connectivity index (χ1) is 6.74. The van der Waals surface area contributed by atoms with Gasteiger partial charge in [0.25, 0.3) is 0 Å². The minimum Gasteiger partial charge on any atom is -0.508 e. The normalized spacial score (nSPS) is 12.7. The van der Waals surface area contributed by atoms with Crippen LogP contribution in [0.4, 0.5) is 0 Å². The van der Waals surface area contributed by atoms with Crippen LogP contribution in [0.1, 0.15) is 5.56 Å². The highest BCUT2D eigenvalue weighted by atomic mass is 16.5. The molecule has 0 saturated carbocycles. The molecule has 1 rings (SSSR count). The largest absolute Gasteiger partial charge is 0.508 e. The molecule has 0 amide bonds. The SMILES string of the molecule is OCC(O)COCc1ccccc1O. The Labute approximate surface area is 82.4 Å². The van der Waals surface area contributed by atoms with Crippen LogP contribution in [0, 0.1) is 0 Å². The van der Waals surface area contributed by atoms with Crippen molar-refractivity contribution in [2.45, 2.75) is 12.7 Å². The molecule has 0 aliphatic carbocycles. The number of hydrogen-bond acceptors (Lipinski definition) is 4. The first-order valence-corrected chi connectivity index (χ1v) is 4.37. The molecule has 0 aliphatic heterocycles. The number of aliphatic hydroxyl groups excluding tert-OH is 2. The second-order valence-corrected chi connectivity index (χ2v) is 2.98. The molecule has 4 nitrogen and oxygen atoms in total. The highest BCUT2D eigenvalue weighted by molar-refractivity contribution is 5.30. The molecule has 14 heavy (non-hydrogen) atoms. The molecule has 0 fully saturated rings. The molecule has 4 heteroatoms. The van der Waals surface area contributed by atoms with Crippen molar-refractivity contribution in [3.8, 4) is 5.75 Å². The predicted molar refractivity (Wildman–Crippen MR) is 50.9 cm³/mol. The van der Waals surface area contributed by atoms with Gasteiger partial charge in [0, 0.05) is 5.56 Å². The van der Waals surface area contributed by atoms with Gasteiger partial charge in [-0.05, 0) is 6.07 Å². The van der Waals surface area contributed by atoms with Crippen LogP contribution in [0.2, 0.25) is 0 Å². The Bertz CT molecular complexity index is 275. The van der Waals surface area contributed by atoms with Crippen molar-refractivity contribution >= 4 is 0 Å². The molecule has 3 N–H and O–H groups in total. The Morgan fingerprint density at radius 3 is 2.64 bits per heavy atom. The Kier molecular flexibility index (Phi) is 4.39. The van der Waals surface area contributed by atoms with Gasteiger partial charge >= 0.3 is 0 Å². The number of para-hydroxylation sites is 1. The zero-order valence-electron chi connectivity index (χ0n) is 7.76. The highest BCUT2D eigenvalue weighted by Gasteiger charge is 2.03. The van der Waals surface area contributed by atoms with Gasteiger partial charge in [-0.1, -0.05) is 18.2 Å². The fraction of sp³-hybridized carbons (Fsp3) is 0.400. The second kappa shape index (κ2) is 5.59. The van der Waals surface area contributed by atoms with E-state index in [0.29, 0.717) is 5.56 Å². The molecule has 0 aliphatic rings. The molecule has 0 bridgehead atoms. The van der Waals surface area contributed by atoms with Crippen LogP contribution in [0.5, 0.6) is 5.75 Å². The van der Waals surface area contributed by atoms with E-state index < -0.39 is 6.10 Å². The minimum atomic E-state index is -0.860. The Balaban J connectivity index is 2.35. The summed E-state index contributed by atoms with van der Waals surface area (Å²) in [6.45, 7) is -0.0324. The van der Waals surface area contributed by atoms with Crippen molar-refractivity contribution in [3.63, 3.8) is 0 Å². The van der Waals surface area contributed by atoms with Gasteiger partial charge in [-0.25, -0.2) is 0 Å². The van der Waals surface area contributed by atoms with E-state index in [1.54, 1.807) is 24.3 Å². The van der Waals surface area contributed by atoms with Gasteiger partial charge in [0.15, 0.2) is 0 Å². The van der Waals surface area contributed by atoms with Crippen molar-refractivity contribution in [2.75, 3.05) is 13.2 Å². The number of aliphatic hydroxyl groups is 2. The van der Waals surface area contributed by atoms with Crippen LogP contribution in [0.25, 0.3) is 0 Å². The number of phenolic OH excluding ortho intramolecular Hbond substituents is 1. The molecule has 0 spiro atoms. The maximum Gasteiger partial charge on any atom is 0.121 e. The van der Waals surface area contributed by atoms with E-state index in [1.165, 1.54) is 0 Å². The number of hydrogen-bond donors (Lipinski definition) is 3. The zero-order valence-corrected chi connectivity index (χ0v) is 7.76. The molecular weight excluding hydrogens is 184 g/mol. The van der Waals surface area contributed by atoms with E-state index >= 15 is 0 Å². The number of phenols is 1. The van der Waals surface area contributed by atoms with Gasteiger partial charge in [0.05, 0.1) is 19.8 Å². The van der Waals surface area contributed by atoms with Gasteiger partial charge in [-0.3, -0.25) is 0 Å². The second-order valence-electron chi connectivity index (χ2n) is 2.98. The van der Waals surface area contributed by atoms with Crippen LogP contribution < -0.4 is 0 Å². The maximum atomic E-state index is 9.34. The molecule has 78 valence electrons. The van der Waals surface area contributed by atoms with Gasteiger partial charge in [0.2, 0.25) is 0 Å². The van der Waals surface area contributed by atoms with E-state index in [0.717, 1.165) is 0 Å². The summed E-state index contributed by atoms with van der Waals surface area (Å²) in [4.78, 5) is 0. The summed E-state index contributed by atoms with van der Waals surface area (Å²) < 4.78 is 5.08. The van der Waals surface area contributed by atoms with Crippen molar-refractivity contribution < 1.29 is 20.1 Å². The summed E-state index contributed by atoms with van der Waals surface area (Å²) in [6.07, 6.45) is -0.860. The van der Waals surface area contributed by atoms with E-state index in [4.69, 9.17) is 14.9 Å². The summed E-state index contributed by atoms with van der Waals surface area (Å²) in [5.41, 5.74) is 0.664. The van der Waals surface area contributed by atoms with E-state index in [2.05, 4.69) is 0 Å². The minimum absolute atomic E-state index is 0.0604. The summed E-state index contributed by atoms with van der Waals surface area (Å²) >= 11 is 0. The number of aromatic hydroxyl groups is 1. The quantitative estimate of drug-likeness (QED) is 0.634. The van der Waals surface area contributed by atoms with Crippen LogP contribution in [0.3, 0.4) is 0 Å². The van der Waals surface area contributed by atoms with Crippen LogP contribution >= 0.6 is 0 Å². The fourth-order valence-electron chi connectivity index (χ4n) is 0.991. The van der Waals surface area contributed by atoms with Crippen LogP contribution in [-0.2, 0) is 11.3 Å². The lowest BCUT2D eigenvalue weighted by Gasteiger charge is -2.08. The first kappa shape index (κ1) is 11.0. The van der Waals surface area contributed by atoms with Gasteiger partial charge in [0.1, 0.15) is 11.9 Å². The Morgan fingerprint density at radius 1 is 1.29 bits per heavy atom. The average molecular weight is 198 g/mol. The number of rotatable bonds is 5. The third-order valence-electron chi connectivity index (χ3n) is 1.77. The van der Waals surface area contributed by atoms with Gasteiger partial charge < -0.3 is 20.1 Å². The number of ether oxygens (including phenoxy) is 1. The molecule has 0 aromatic heterocycles. The molecule has 0 saturated heterocycles. The number of benzene rings is 1. The van der Waals surface area contributed by atoms with Crippen LogP contribution in [0.15, 0.2) is 24.3 Å². The Hall–Kier alpha value is -1.10. The van der Waals surface area contributed by atoms with Crippen LogP contribution in [-0.4, -0.2) is 34.6 Å². The molecule has 1 aromatic carbocycles. The Morgan fingerprint density at radius 2 is 2.00 bits per heavy atom. The fourth-order valence-corrected chi connectivity index (χ4v) is 0.991. The molecule has 1 atom stereocenters. The third kappa shape index (κ3) is 3.33. The molecule has 1 unspecified atom stereocenters. The molecule has 1 aromatic rings. The lowest BCUT2D eigenvalue weighted by atomic mass is 10.2. The summed E-state index contributed by atoms with van der Waals surface area (Å²) in [7, 11) is 0. The van der Waals surface area contributed by atoms with Crippen molar-refractivity contribution in [3.05, 3.63) is 29.8 Å². The lowest BCUT2D eigenvalue weighted by molar-refractivity contribution is -0.000393. The predicted octanol–water partition coefficient (Wildman–Crippen LogP) is 0.262. The summed E-state index contributed by atoms with van der Waals surface area (Å²) in [6, 6.07) is 6.82. The summed E-state index contributed by atoms with van der Waals surface area (Å²) in [5, 5.41) is 26.8. The first-order valence-electron chi connectivity index (χ1n) is 4.37. The summed E-state index contributed by atoms with van der Waals surface area (Å²) in [5.74, 6) is 0.172. The average Bonchev–Trinajstić information content (AvgIpc) is 2.20. The standard InChI is InChI=1S/C10H14O4/c11-5-9(12)7-14-6-8-3-1-2-4-10(8)13/h1-4,9,11-13H,5-7H2. The zero-order chi connectivity index (χ0) is 10.4. The molecule has 0 heterocycles. The van der Waals surface area contributed by atoms with Crippen molar-refractivity contribution in [2.24, 2.45) is 0 Å².